The third-order valence-corrected chi connectivity index (χ3v) is 4.97. The SMILES string of the molecule is CN=C(NCCCN1C(=O)COc2ccccc21)NC(C)CCc1ccccc1. The van der Waals surface area contributed by atoms with Crippen molar-refractivity contribution in [2.75, 3.05) is 31.6 Å². The highest BCUT2D eigenvalue weighted by atomic mass is 16.5. The predicted molar refractivity (Wildman–Crippen MR) is 118 cm³/mol. The van der Waals surface area contributed by atoms with E-state index in [1.54, 1.807) is 11.9 Å². The molecule has 1 unspecified atom stereocenters. The molecular formula is C23H30N4O2. The van der Waals surface area contributed by atoms with Gasteiger partial charge in [-0.3, -0.25) is 9.79 Å². The first-order chi connectivity index (χ1) is 14.2. The summed E-state index contributed by atoms with van der Waals surface area (Å²) in [5, 5.41) is 6.78. The van der Waals surface area contributed by atoms with Gasteiger partial charge in [-0.25, -0.2) is 0 Å². The van der Waals surface area contributed by atoms with Crippen LogP contribution in [-0.2, 0) is 11.2 Å². The summed E-state index contributed by atoms with van der Waals surface area (Å²) in [6.07, 6.45) is 2.88. The molecule has 0 aliphatic carbocycles. The van der Waals surface area contributed by atoms with E-state index < -0.39 is 0 Å². The van der Waals surface area contributed by atoms with E-state index in [9.17, 15) is 4.79 Å². The van der Waals surface area contributed by atoms with Gasteiger partial charge in [0.15, 0.2) is 12.6 Å². The summed E-state index contributed by atoms with van der Waals surface area (Å²) in [5.41, 5.74) is 2.19. The number of nitrogens with zero attached hydrogens (tertiary/aromatic N) is 2. The summed E-state index contributed by atoms with van der Waals surface area (Å²) < 4.78 is 5.49. The lowest BCUT2D eigenvalue weighted by molar-refractivity contribution is -0.121. The molecule has 6 heteroatoms. The molecule has 1 amide bonds. The van der Waals surface area contributed by atoms with E-state index in [0.717, 1.165) is 43.2 Å². The van der Waals surface area contributed by atoms with Crippen molar-refractivity contribution in [2.45, 2.75) is 32.2 Å². The van der Waals surface area contributed by atoms with Gasteiger partial charge in [-0.1, -0.05) is 42.5 Å². The molecule has 1 aliphatic rings. The normalized spacial score (nSPS) is 14.8. The van der Waals surface area contributed by atoms with Crippen molar-refractivity contribution >= 4 is 17.6 Å². The van der Waals surface area contributed by atoms with Crippen LogP contribution in [0.5, 0.6) is 5.75 Å². The average molecular weight is 395 g/mol. The molecule has 0 aromatic heterocycles. The van der Waals surface area contributed by atoms with Crippen LogP contribution in [0.25, 0.3) is 0 Å². The van der Waals surface area contributed by atoms with Crippen LogP contribution in [0.2, 0.25) is 0 Å². The number of hydrogen-bond acceptors (Lipinski definition) is 3. The van der Waals surface area contributed by atoms with Crippen LogP contribution in [0.15, 0.2) is 59.6 Å². The maximum Gasteiger partial charge on any atom is 0.265 e. The summed E-state index contributed by atoms with van der Waals surface area (Å²) in [7, 11) is 1.78. The molecule has 154 valence electrons. The number of guanidine groups is 1. The first-order valence-electron chi connectivity index (χ1n) is 10.2. The molecule has 1 heterocycles. The van der Waals surface area contributed by atoms with E-state index in [4.69, 9.17) is 4.74 Å². The van der Waals surface area contributed by atoms with Gasteiger partial charge in [0.1, 0.15) is 5.75 Å². The molecule has 0 radical (unpaired) electrons. The standard InChI is InChI=1S/C23H30N4O2/c1-18(13-14-19-9-4-3-5-10-19)26-23(24-2)25-15-8-16-27-20-11-6-7-12-21(20)29-17-22(27)28/h3-7,9-12,18H,8,13-17H2,1-2H3,(H2,24,25,26). The summed E-state index contributed by atoms with van der Waals surface area (Å²) in [6.45, 7) is 3.65. The van der Waals surface area contributed by atoms with Crippen molar-refractivity contribution in [3.8, 4) is 5.75 Å². The van der Waals surface area contributed by atoms with Crippen LogP contribution in [-0.4, -0.2) is 44.7 Å². The molecule has 0 saturated heterocycles. The molecule has 0 spiro atoms. The lowest BCUT2D eigenvalue weighted by Crippen LogP contribution is -2.44. The summed E-state index contributed by atoms with van der Waals surface area (Å²) in [5.74, 6) is 1.56. The van der Waals surface area contributed by atoms with E-state index >= 15 is 0 Å². The second-order valence-electron chi connectivity index (χ2n) is 7.22. The van der Waals surface area contributed by atoms with Crippen LogP contribution >= 0.6 is 0 Å². The molecule has 1 atom stereocenters. The zero-order valence-corrected chi connectivity index (χ0v) is 17.2. The average Bonchev–Trinajstić information content (AvgIpc) is 2.76. The van der Waals surface area contributed by atoms with Gasteiger partial charge in [0.25, 0.3) is 5.91 Å². The Bertz CT molecular complexity index is 823. The Hall–Kier alpha value is -3.02. The minimum Gasteiger partial charge on any atom is -0.482 e. The molecule has 1 aliphatic heterocycles. The number of benzene rings is 2. The molecule has 0 bridgehead atoms. The Morgan fingerprint density at radius 1 is 1.17 bits per heavy atom. The van der Waals surface area contributed by atoms with Crippen LogP contribution in [0, 0.1) is 0 Å². The molecule has 2 aromatic rings. The van der Waals surface area contributed by atoms with Crippen LogP contribution in [0.4, 0.5) is 5.69 Å². The van der Waals surface area contributed by atoms with E-state index in [-0.39, 0.29) is 12.5 Å². The predicted octanol–water partition coefficient (Wildman–Crippen LogP) is 2.99. The van der Waals surface area contributed by atoms with E-state index in [2.05, 4.69) is 46.8 Å². The highest BCUT2D eigenvalue weighted by molar-refractivity contribution is 5.97. The molecule has 2 aromatic carbocycles. The first-order valence-corrected chi connectivity index (χ1v) is 10.2. The largest absolute Gasteiger partial charge is 0.482 e. The summed E-state index contributed by atoms with van der Waals surface area (Å²) in [4.78, 5) is 18.3. The first kappa shape index (κ1) is 20.7. The Kier molecular flexibility index (Phi) is 7.50. The molecule has 6 nitrogen and oxygen atoms in total. The number of nitrogens with one attached hydrogen (secondary N) is 2. The minimum absolute atomic E-state index is 0.000686. The van der Waals surface area contributed by atoms with Gasteiger partial charge in [0.2, 0.25) is 0 Å². The summed E-state index contributed by atoms with van der Waals surface area (Å²) in [6, 6.07) is 18.5. The van der Waals surface area contributed by atoms with Crippen molar-refractivity contribution < 1.29 is 9.53 Å². The number of aryl methyl sites for hydroxylation is 1. The van der Waals surface area contributed by atoms with Gasteiger partial charge in [0.05, 0.1) is 5.69 Å². The smallest absolute Gasteiger partial charge is 0.265 e. The van der Waals surface area contributed by atoms with E-state index in [0.29, 0.717) is 12.6 Å². The third-order valence-electron chi connectivity index (χ3n) is 4.97. The summed E-state index contributed by atoms with van der Waals surface area (Å²) >= 11 is 0. The fourth-order valence-corrected chi connectivity index (χ4v) is 3.37. The zero-order valence-electron chi connectivity index (χ0n) is 17.2. The number of hydrogen-bond donors (Lipinski definition) is 2. The number of anilines is 1. The van der Waals surface area contributed by atoms with Gasteiger partial charge >= 0.3 is 0 Å². The fourth-order valence-electron chi connectivity index (χ4n) is 3.37. The molecular weight excluding hydrogens is 364 g/mol. The fraction of sp³-hybridized carbons (Fsp3) is 0.391. The number of ether oxygens (including phenoxy) is 1. The second kappa shape index (κ2) is 10.5. The highest BCUT2D eigenvalue weighted by Gasteiger charge is 2.24. The van der Waals surface area contributed by atoms with Crippen LogP contribution in [0.3, 0.4) is 0 Å². The number of carbonyl (C=O) groups excluding carboxylic acids is 1. The number of rotatable bonds is 8. The van der Waals surface area contributed by atoms with Crippen molar-refractivity contribution in [2.24, 2.45) is 4.99 Å². The van der Waals surface area contributed by atoms with Gasteiger partial charge < -0.3 is 20.3 Å². The number of para-hydroxylation sites is 2. The Morgan fingerprint density at radius 2 is 1.93 bits per heavy atom. The second-order valence-corrected chi connectivity index (χ2v) is 7.22. The van der Waals surface area contributed by atoms with E-state index in [1.165, 1.54) is 5.56 Å². The molecule has 0 fully saturated rings. The lowest BCUT2D eigenvalue weighted by atomic mass is 10.1. The minimum atomic E-state index is 0.000686. The maximum absolute atomic E-state index is 12.2. The number of carbonyl (C=O) groups is 1. The maximum atomic E-state index is 12.2. The van der Waals surface area contributed by atoms with Crippen molar-refractivity contribution in [1.29, 1.82) is 0 Å². The van der Waals surface area contributed by atoms with Crippen LogP contribution < -0.4 is 20.3 Å². The monoisotopic (exact) mass is 394 g/mol. The quantitative estimate of drug-likeness (QED) is 0.410. The molecule has 0 saturated carbocycles. The zero-order chi connectivity index (χ0) is 20.5. The third kappa shape index (κ3) is 5.98. The highest BCUT2D eigenvalue weighted by Crippen LogP contribution is 2.31. The van der Waals surface area contributed by atoms with Gasteiger partial charge in [-0.2, -0.15) is 0 Å². The van der Waals surface area contributed by atoms with Crippen molar-refractivity contribution in [3.05, 3.63) is 60.2 Å². The Balaban J connectivity index is 1.40. The molecule has 29 heavy (non-hydrogen) atoms. The van der Waals surface area contributed by atoms with Crippen molar-refractivity contribution in [3.63, 3.8) is 0 Å². The topological polar surface area (TPSA) is 66.0 Å². The molecule has 3 rings (SSSR count). The Labute approximate surface area is 173 Å². The number of amides is 1. The number of fused-ring (bicyclic) bond motifs is 1. The van der Waals surface area contributed by atoms with Gasteiger partial charge in [-0.15, -0.1) is 0 Å². The lowest BCUT2D eigenvalue weighted by Gasteiger charge is -2.29. The van der Waals surface area contributed by atoms with Gasteiger partial charge in [0, 0.05) is 26.2 Å². The molecule has 2 N–H and O–H groups in total. The Morgan fingerprint density at radius 3 is 2.72 bits per heavy atom. The van der Waals surface area contributed by atoms with Crippen molar-refractivity contribution in [1.82, 2.24) is 10.6 Å². The van der Waals surface area contributed by atoms with Gasteiger partial charge in [-0.05, 0) is 43.9 Å². The number of aliphatic imine (C=N–C) groups is 1. The van der Waals surface area contributed by atoms with Crippen LogP contribution in [0.1, 0.15) is 25.3 Å². The van der Waals surface area contributed by atoms with E-state index in [1.807, 2.05) is 30.3 Å².